The molecule has 1 aromatic heterocycles. The summed E-state index contributed by atoms with van der Waals surface area (Å²) in [4.78, 5) is 16.7. The molecule has 0 radical (unpaired) electrons. The molecule has 0 aliphatic carbocycles. The molecule has 2 saturated heterocycles. The zero-order valence-corrected chi connectivity index (χ0v) is 15.7. The van der Waals surface area contributed by atoms with Gasteiger partial charge in [0.15, 0.2) is 5.96 Å². The molecule has 1 aromatic rings. The van der Waals surface area contributed by atoms with Crippen LogP contribution in [0.1, 0.15) is 20.3 Å². The van der Waals surface area contributed by atoms with Crippen LogP contribution in [-0.4, -0.2) is 79.6 Å². The normalized spacial score (nSPS) is 22.5. The molecule has 1 unspecified atom stereocenters. The number of pyridine rings is 1. The second kappa shape index (κ2) is 9.04. The summed E-state index contributed by atoms with van der Waals surface area (Å²) in [5, 5.41) is 3.48. The number of aliphatic imine (C=N–C) groups is 1. The summed E-state index contributed by atoms with van der Waals surface area (Å²) in [5.41, 5.74) is 0. The maximum Gasteiger partial charge on any atom is 0.194 e. The first kappa shape index (κ1) is 18.0. The quantitative estimate of drug-likeness (QED) is 0.648. The monoisotopic (exact) mass is 344 g/mol. The highest BCUT2D eigenvalue weighted by Crippen LogP contribution is 2.16. The van der Waals surface area contributed by atoms with E-state index in [0.717, 1.165) is 57.6 Å². The lowest BCUT2D eigenvalue weighted by atomic mass is 10.1. The smallest absolute Gasteiger partial charge is 0.194 e. The van der Waals surface area contributed by atoms with E-state index >= 15 is 0 Å². The van der Waals surface area contributed by atoms with E-state index in [-0.39, 0.29) is 0 Å². The van der Waals surface area contributed by atoms with Crippen molar-refractivity contribution in [3.8, 4) is 0 Å². The molecular formula is C19H32N6. The second-order valence-corrected chi connectivity index (χ2v) is 6.90. The fourth-order valence-corrected chi connectivity index (χ4v) is 3.68. The third-order valence-corrected chi connectivity index (χ3v) is 5.20. The van der Waals surface area contributed by atoms with Crippen LogP contribution in [0.3, 0.4) is 0 Å². The number of rotatable bonds is 5. The Morgan fingerprint density at radius 2 is 2.04 bits per heavy atom. The van der Waals surface area contributed by atoms with Gasteiger partial charge in [-0.2, -0.15) is 0 Å². The first-order valence-electron chi connectivity index (χ1n) is 9.71. The third-order valence-electron chi connectivity index (χ3n) is 5.20. The molecule has 1 N–H and O–H groups in total. The lowest BCUT2D eigenvalue weighted by Crippen LogP contribution is -2.52. The molecule has 2 aliphatic heterocycles. The molecule has 2 fully saturated rings. The molecule has 6 nitrogen and oxygen atoms in total. The molecule has 25 heavy (non-hydrogen) atoms. The average Bonchev–Trinajstić information content (AvgIpc) is 3.14. The van der Waals surface area contributed by atoms with Gasteiger partial charge < -0.3 is 20.0 Å². The summed E-state index contributed by atoms with van der Waals surface area (Å²) in [6.07, 6.45) is 3.15. The van der Waals surface area contributed by atoms with Crippen molar-refractivity contribution in [2.45, 2.75) is 20.3 Å². The van der Waals surface area contributed by atoms with Gasteiger partial charge in [0.2, 0.25) is 0 Å². The first-order chi connectivity index (χ1) is 12.3. The van der Waals surface area contributed by atoms with E-state index in [1.165, 1.54) is 19.5 Å². The van der Waals surface area contributed by atoms with Gasteiger partial charge in [0, 0.05) is 52.0 Å². The number of hydrogen-bond donors (Lipinski definition) is 1. The number of nitrogens with zero attached hydrogens (tertiary/aromatic N) is 5. The topological polar surface area (TPSA) is 47.0 Å². The Balaban J connectivity index is 1.54. The van der Waals surface area contributed by atoms with Gasteiger partial charge in [0.25, 0.3) is 0 Å². The van der Waals surface area contributed by atoms with E-state index in [1.54, 1.807) is 0 Å². The first-order valence-corrected chi connectivity index (χ1v) is 9.71. The van der Waals surface area contributed by atoms with Crippen LogP contribution in [0.2, 0.25) is 0 Å². The molecule has 3 rings (SSSR count). The second-order valence-electron chi connectivity index (χ2n) is 6.90. The molecule has 0 amide bonds. The average molecular weight is 345 g/mol. The zero-order valence-electron chi connectivity index (χ0n) is 15.7. The molecule has 2 aliphatic rings. The zero-order chi connectivity index (χ0) is 17.5. The Hall–Kier alpha value is -1.82. The van der Waals surface area contributed by atoms with Crippen LogP contribution < -0.4 is 10.2 Å². The van der Waals surface area contributed by atoms with Crippen LogP contribution in [0, 0.1) is 5.92 Å². The summed E-state index contributed by atoms with van der Waals surface area (Å²) in [7, 11) is 0. The number of likely N-dealkylation sites (tertiary alicyclic amines) is 1. The third kappa shape index (κ3) is 4.84. The summed E-state index contributed by atoms with van der Waals surface area (Å²) >= 11 is 0. The Morgan fingerprint density at radius 3 is 2.68 bits per heavy atom. The van der Waals surface area contributed by atoms with Gasteiger partial charge in [-0.15, -0.1) is 0 Å². The lowest BCUT2D eigenvalue weighted by Gasteiger charge is -2.37. The number of hydrogen-bond acceptors (Lipinski definition) is 4. The minimum Gasteiger partial charge on any atom is -0.357 e. The van der Waals surface area contributed by atoms with Gasteiger partial charge in [-0.3, -0.25) is 4.99 Å². The molecule has 3 heterocycles. The molecular weight excluding hydrogens is 312 g/mol. The van der Waals surface area contributed by atoms with Crippen molar-refractivity contribution in [2.24, 2.45) is 10.9 Å². The fraction of sp³-hybridized carbons (Fsp3) is 0.684. The van der Waals surface area contributed by atoms with E-state index in [2.05, 4.69) is 51.0 Å². The summed E-state index contributed by atoms with van der Waals surface area (Å²) < 4.78 is 0. The van der Waals surface area contributed by atoms with Gasteiger partial charge in [0.05, 0.1) is 0 Å². The molecule has 0 spiro atoms. The maximum absolute atomic E-state index is 4.96. The van der Waals surface area contributed by atoms with E-state index in [9.17, 15) is 0 Å². The van der Waals surface area contributed by atoms with Gasteiger partial charge in [0.1, 0.15) is 5.82 Å². The van der Waals surface area contributed by atoms with Crippen molar-refractivity contribution in [3.05, 3.63) is 24.4 Å². The largest absolute Gasteiger partial charge is 0.357 e. The number of nitrogens with one attached hydrogen (secondary N) is 1. The van der Waals surface area contributed by atoms with Crippen LogP contribution >= 0.6 is 0 Å². The van der Waals surface area contributed by atoms with Crippen LogP contribution in [-0.2, 0) is 0 Å². The van der Waals surface area contributed by atoms with Crippen LogP contribution in [0.25, 0.3) is 0 Å². The van der Waals surface area contributed by atoms with Gasteiger partial charge >= 0.3 is 0 Å². The number of guanidine groups is 1. The molecule has 138 valence electrons. The molecule has 0 aromatic carbocycles. The van der Waals surface area contributed by atoms with Crippen molar-refractivity contribution in [1.29, 1.82) is 0 Å². The Bertz CT molecular complexity index is 538. The van der Waals surface area contributed by atoms with Crippen molar-refractivity contribution in [2.75, 3.05) is 63.8 Å². The lowest BCUT2D eigenvalue weighted by molar-refractivity contribution is 0.342. The van der Waals surface area contributed by atoms with Crippen molar-refractivity contribution in [3.63, 3.8) is 0 Å². The van der Waals surface area contributed by atoms with Crippen LogP contribution in [0.5, 0.6) is 0 Å². The molecule has 0 saturated carbocycles. The standard InChI is InChI=1S/C19H32N6/c1-3-20-19(22-15-17-8-10-23(4-2)16-17)25-13-11-24(12-14-25)18-7-5-6-9-21-18/h5-7,9,17H,3-4,8,10-16H2,1-2H3,(H,20,22). The SMILES string of the molecule is CCNC(=NCC1CCN(CC)C1)N1CCN(c2ccccn2)CC1. The van der Waals surface area contributed by atoms with Gasteiger partial charge in [-0.25, -0.2) is 4.98 Å². The summed E-state index contributed by atoms with van der Waals surface area (Å²) in [5.74, 6) is 2.87. The summed E-state index contributed by atoms with van der Waals surface area (Å²) in [6.45, 7) is 13.8. The fourth-order valence-electron chi connectivity index (χ4n) is 3.68. The van der Waals surface area contributed by atoms with Crippen molar-refractivity contribution in [1.82, 2.24) is 20.1 Å². The highest BCUT2D eigenvalue weighted by Gasteiger charge is 2.23. The predicted octanol–water partition coefficient (Wildman–Crippen LogP) is 1.51. The highest BCUT2D eigenvalue weighted by atomic mass is 15.4. The maximum atomic E-state index is 4.96. The molecule has 1 atom stereocenters. The summed E-state index contributed by atoms with van der Waals surface area (Å²) in [6, 6.07) is 6.12. The van der Waals surface area contributed by atoms with Crippen molar-refractivity contribution >= 4 is 11.8 Å². The Morgan fingerprint density at radius 1 is 1.20 bits per heavy atom. The predicted molar refractivity (Wildman–Crippen MR) is 104 cm³/mol. The minimum absolute atomic E-state index is 0.711. The molecule has 0 bridgehead atoms. The molecule has 6 heteroatoms. The van der Waals surface area contributed by atoms with Crippen molar-refractivity contribution < 1.29 is 0 Å². The Kier molecular flexibility index (Phi) is 6.50. The number of aromatic nitrogens is 1. The van der Waals surface area contributed by atoms with Gasteiger partial charge in [-0.1, -0.05) is 13.0 Å². The van der Waals surface area contributed by atoms with E-state index < -0.39 is 0 Å². The van der Waals surface area contributed by atoms with E-state index in [0.29, 0.717) is 5.92 Å². The number of anilines is 1. The minimum atomic E-state index is 0.711. The Labute approximate surface area is 151 Å². The van der Waals surface area contributed by atoms with E-state index in [1.807, 2.05) is 12.3 Å². The van der Waals surface area contributed by atoms with Crippen LogP contribution in [0.4, 0.5) is 5.82 Å². The number of piperazine rings is 1. The van der Waals surface area contributed by atoms with Gasteiger partial charge in [-0.05, 0) is 44.5 Å². The highest BCUT2D eigenvalue weighted by molar-refractivity contribution is 5.80. The van der Waals surface area contributed by atoms with Crippen LogP contribution in [0.15, 0.2) is 29.4 Å². The van der Waals surface area contributed by atoms with E-state index in [4.69, 9.17) is 4.99 Å².